The molecule has 0 aromatic heterocycles. The fraction of sp³-hybridized carbons (Fsp3) is 1.00. The Morgan fingerprint density at radius 1 is 0.518 bits per heavy atom. The Kier molecular flexibility index (Phi) is 7.48. The molecule has 1 aliphatic heterocycles. The topological polar surface area (TPSA) is 151 Å². The van der Waals surface area contributed by atoms with Crippen molar-refractivity contribution < 1.29 is 40.5 Å². The Hall–Kier alpha value is -0.320. The molecular formula is C48H74O8. The largest absolute Gasteiger partial charge is 0.396 e. The van der Waals surface area contributed by atoms with Gasteiger partial charge in [-0.25, -0.2) is 0 Å². The lowest BCUT2D eigenvalue weighted by Gasteiger charge is -2.65. The molecule has 25 atom stereocenters. The molecule has 0 amide bonds. The van der Waals surface area contributed by atoms with E-state index in [1.807, 2.05) is 0 Å². The Balaban J connectivity index is 0.000000123. The normalized spacial score (nSPS) is 68.7. The third kappa shape index (κ3) is 4.14. The molecule has 314 valence electrons. The Bertz CT molecular complexity index is 1670. The van der Waals surface area contributed by atoms with Crippen LogP contribution in [-0.2, 0) is 4.74 Å². The standard InChI is InChI=1S/C24H36O4.C24H38O4/c1-21-6-3-12(25)11-23(21,27)16-9-13(16)19-15(21)4-7-22(2)20(19)14-10-17(14)24(22)8-5-18(26)28-24;1-21-7-4-13(26)12-24(21,28)17-10-14(17)19-16(21)5-8-22(2)20(19)15-11-18(15)23(22,27)6-3-9-25/h12-20,25-27H,3-11H2,1-2H3;13-20,25-28H,3-12H2,1-2H3/t12-,13-,14?,15-,16?,17?,18?,19?,20-,21+,22-,23+,24-;13-,14-,15?,16-,17?,18?,19?,20-,21+,22-,23-,24+/m00/s1. The predicted molar refractivity (Wildman–Crippen MR) is 208 cm³/mol. The molecule has 0 aromatic carbocycles. The number of rotatable bonds is 3. The van der Waals surface area contributed by atoms with Gasteiger partial charge in [0.25, 0.3) is 0 Å². The second-order valence-corrected chi connectivity index (χ2v) is 24.6. The molecule has 0 radical (unpaired) electrons. The minimum atomic E-state index is -0.682. The monoisotopic (exact) mass is 779 g/mol. The van der Waals surface area contributed by atoms with Crippen LogP contribution in [-0.4, -0.2) is 83.3 Å². The Labute approximate surface area is 334 Å². The number of aliphatic hydroxyl groups is 7. The third-order valence-electron chi connectivity index (χ3n) is 23.4. The molecule has 9 unspecified atom stereocenters. The molecule has 7 N–H and O–H groups in total. The first-order valence-electron chi connectivity index (χ1n) is 24.0. The lowest BCUT2D eigenvalue weighted by Crippen LogP contribution is -2.65. The van der Waals surface area contributed by atoms with E-state index in [0.29, 0.717) is 90.3 Å². The average molecular weight is 779 g/mol. The van der Waals surface area contributed by atoms with Gasteiger partial charge >= 0.3 is 0 Å². The molecule has 1 spiro atoms. The smallest absolute Gasteiger partial charge is 0.155 e. The van der Waals surface area contributed by atoms with Gasteiger partial charge in [-0.3, -0.25) is 0 Å². The third-order valence-corrected chi connectivity index (χ3v) is 23.4. The van der Waals surface area contributed by atoms with E-state index in [2.05, 4.69) is 27.7 Å². The summed E-state index contributed by atoms with van der Waals surface area (Å²) in [6.45, 7) is 9.75. The number of ether oxygens (including phenoxy) is 1. The molecular weight excluding hydrogens is 705 g/mol. The quantitative estimate of drug-likeness (QED) is 0.190. The highest BCUT2D eigenvalue weighted by Gasteiger charge is 2.83. The second kappa shape index (κ2) is 11.2. The molecule has 13 aliphatic rings. The van der Waals surface area contributed by atoms with Crippen molar-refractivity contribution in [2.45, 2.75) is 184 Å². The van der Waals surface area contributed by atoms with E-state index in [9.17, 15) is 35.7 Å². The van der Waals surface area contributed by atoms with Crippen molar-refractivity contribution in [1.82, 2.24) is 0 Å². The van der Waals surface area contributed by atoms with E-state index in [4.69, 9.17) is 4.74 Å². The zero-order chi connectivity index (χ0) is 39.0. The Morgan fingerprint density at radius 2 is 1.00 bits per heavy atom. The summed E-state index contributed by atoms with van der Waals surface area (Å²) in [7, 11) is 0. The highest BCUT2D eigenvalue weighted by Crippen LogP contribution is 2.84. The van der Waals surface area contributed by atoms with Crippen LogP contribution >= 0.6 is 0 Å². The molecule has 1 heterocycles. The molecule has 56 heavy (non-hydrogen) atoms. The molecule has 13 fully saturated rings. The van der Waals surface area contributed by atoms with Crippen LogP contribution in [0.25, 0.3) is 0 Å². The SMILES string of the molecule is C[C@]12CC[C@H]3C([C@H]4CC4[C@]4(O)C[C@@H](O)CC[C@]34C)[C@@H]1C1CC1[C@@]2(O)CCCO.C[C@]12CC[C@H]3C([C@H]4CC4[C@]4(O)C[C@@H](O)CC[C@]34C)[C@@H]1C1CC1[C@@]21CCC(O)O1. The summed E-state index contributed by atoms with van der Waals surface area (Å²) in [5.41, 5.74) is -1.94. The van der Waals surface area contributed by atoms with Gasteiger partial charge < -0.3 is 40.5 Å². The van der Waals surface area contributed by atoms with Gasteiger partial charge in [0.1, 0.15) is 0 Å². The first-order valence-corrected chi connectivity index (χ1v) is 24.0. The van der Waals surface area contributed by atoms with Crippen molar-refractivity contribution >= 4 is 0 Å². The van der Waals surface area contributed by atoms with E-state index in [1.165, 1.54) is 32.1 Å². The van der Waals surface area contributed by atoms with Crippen LogP contribution in [0, 0.1) is 105 Å². The molecule has 8 nitrogen and oxygen atoms in total. The van der Waals surface area contributed by atoms with E-state index in [-0.39, 0.29) is 46.1 Å². The first kappa shape index (κ1) is 37.4. The van der Waals surface area contributed by atoms with Gasteiger partial charge in [0.05, 0.1) is 34.6 Å². The van der Waals surface area contributed by atoms with Gasteiger partial charge in [0.15, 0.2) is 6.29 Å². The fourth-order valence-corrected chi connectivity index (χ4v) is 20.8. The predicted octanol–water partition coefficient (Wildman–Crippen LogP) is 5.80. The fourth-order valence-electron chi connectivity index (χ4n) is 20.8. The van der Waals surface area contributed by atoms with E-state index < -0.39 is 23.1 Å². The molecule has 0 aromatic rings. The molecule has 12 aliphatic carbocycles. The lowest BCUT2D eigenvalue weighted by molar-refractivity contribution is -0.247. The van der Waals surface area contributed by atoms with Crippen molar-refractivity contribution in [3.8, 4) is 0 Å². The minimum Gasteiger partial charge on any atom is -0.396 e. The second-order valence-electron chi connectivity index (χ2n) is 24.6. The van der Waals surface area contributed by atoms with Gasteiger partial charge in [-0.15, -0.1) is 0 Å². The molecule has 8 heteroatoms. The summed E-state index contributed by atoms with van der Waals surface area (Å²) < 4.78 is 6.40. The highest BCUT2D eigenvalue weighted by molar-refractivity contribution is 5.32. The van der Waals surface area contributed by atoms with Crippen LogP contribution in [0.15, 0.2) is 0 Å². The average Bonchev–Trinajstić information content (AvgIpc) is 3.98. The van der Waals surface area contributed by atoms with Crippen LogP contribution < -0.4 is 0 Å². The summed E-state index contributed by atoms with van der Waals surface area (Å²) >= 11 is 0. The Morgan fingerprint density at radius 3 is 1.54 bits per heavy atom. The number of hydrogen-bond acceptors (Lipinski definition) is 8. The first-order chi connectivity index (χ1) is 26.5. The number of aliphatic hydroxyl groups excluding tert-OH is 4. The zero-order valence-corrected chi connectivity index (χ0v) is 34.8. The summed E-state index contributed by atoms with van der Waals surface area (Å²) in [5.74, 6) is 8.35. The van der Waals surface area contributed by atoms with Crippen molar-refractivity contribution in [1.29, 1.82) is 0 Å². The summed E-state index contributed by atoms with van der Waals surface area (Å²) in [6.07, 6.45) is 16.2. The van der Waals surface area contributed by atoms with Gasteiger partial charge in [-0.2, -0.15) is 0 Å². The zero-order valence-electron chi connectivity index (χ0n) is 34.8. The summed E-state index contributed by atoms with van der Waals surface area (Å²) in [5, 5.41) is 75.9. The maximum absolute atomic E-state index is 11.9. The van der Waals surface area contributed by atoms with Crippen molar-refractivity contribution in [2.75, 3.05) is 6.61 Å². The summed E-state index contributed by atoms with van der Waals surface area (Å²) in [6, 6.07) is 0. The van der Waals surface area contributed by atoms with Crippen molar-refractivity contribution in [3.63, 3.8) is 0 Å². The minimum absolute atomic E-state index is 0.0238. The highest BCUT2D eigenvalue weighted by atomic mass is 16.6. The van der Waals surface area contributed by atoms with Crippen molar-refractivity contribution in [2.24, 2.45) is 105 Å². The van der Waals surface area contributed by atoms with E-state index >= 15 is 0 Å². The van der Waals surface area contributed by atoms with E-state index in [1.54, 1.807) is 0 Å². The molecule has 0 bridgehead atoms. The van der Waals surface area contributed by atoms with Gasteiger partial charge in [-0.05, 0) is 195 Å². The number of fused-ring (bicyclic) bond motifs is 22. The van der Waals surface area contributed by atoms with Crippen LogP contribution in [0.2, 0.25) is 0 Å². The van der Waals surface area contributed by atoms with Crippen LogP contribution in [0.4, 0.5) is 0 Å². The van der Waals surface area contributed by atoms with Crippen LogP contribution in [0.3, 0.4) is 0 Å². The van der Waals surface area contributed by atoms with Gasteiger partial charge in [0.2, 0.25) is 0 Å². The maximum atomic E-state index is 11.9. The molecule has 1 saturated heterocycles. The van der Waals surface area contributed by atoms with Crippen molar-refractivity contribution in [3.05, 3.63) is 0 Å². The maximum Gasteiger partial charge on any atom is 0.155 e. The van der Waals surface area contributed by atoms with E-state index in [0.717, 1.165) is 76.0 Å². The van der Waals surface area contributed by atoms with Crippen LogP contribution in [0.1, 0.15) is 143 Å². The summed E-state index contributed by atoms with van der Waals surface area (Å²) in [4.78, 5) is 0. The van der Waals surface area contributed by atoms with Gasteiger partial charge in [0, 0.05) is 31.3 Å². The number of hydrogen-bond donors (Lipinski definition) is 7. The van der Waals surface area contributed by atoms with Gasteiger partial charge in [-0.1, -0.05) is 27.7 Å². The lowest BCUT2D eigenvalue weighted by atomic mass is 9.42. The molecule has 12 saturated carbocycles. The van der Waals surface area contributed by atoms with Crippen LogP contribution in [0.5, 0.6) is 0 Å². The molecule has 13 rings (SSSR count).